The number of nitro benzene ring substituents is 1. The van der Waals surface area contributed by atoms with Crippen LogP contribution in [0.4, 0.5) is 10.5 Å². The Morgan fingerprint density at radius 2 is 1.80 bits per heavy atom. The summed E-state index contributed by atoms with van der Waals surface area (Å²) >= 11 is 0. The lowest BCUT2D eigenvalue weighted by molar-refractivity contribution is -0.385. The van der Waals surface area contributed by atoms with Crippen LogP contribution in [0.25, 0.3) is 0 Å². The number of benzene rings is 2. The minimum Gasteiger partial charge on any atom is -0.350 e. The fourth-order valence-corrected chi connectivity index (χ4v) is 4.23. The molecule has 35 heavy (non-hydrogen) atoms. The molecule has 2 fully saturated rings. The summed E-state index contributed by atoms with van der Waals surface area (Å²) in [5.41, 5.74) is -0.149. The third-order valence-corrected chi connectivity index (χ3v) is 6.29. The van der Waals surface area contributed by atoms with Gasteiger partial charge < -0.3 is 15.5 Å². The van der Waals surface area contributed by atoms with Crippen LogP contribution in [0.1, 0.15) is 41.3 Å². The molecule has 5 amide bonds. The van der Waals surface area contributed by atoms with E-state index in [9.17, 15) is 29.3 Å². The van der Waals surface area contributed by atoms with Gasteiger partial charge in [-0.05, 0) is 43.0 Å². The topological polar surface area (TPSA) is 142 Å². The van der Waals surface area contributed by atoms with Crippen LogP contribution in [-0.2, 0) is 21.7 Å². The zero-order valence-corrected chi connectivity index (χ0v) is 19.2. The van der Waals surface area contributed by atoms with Gasteiger partial charge in [-0.1, -0.05) is 24.3 Å². The lowest BCUT2D eigenvalue weighted by Crippen LogP contribution is -2.43. The molecule has 11 nitrogen and oxygen atoms in total. The molecule has 0 aromatic heterocycles. The first kappa shape index (κ1) is 23.9. The SMILES string of the molecule is CC1(c2cccc([N+](=O)[O-])c2)NC(=O)N(CC(=O)NCc2ccc(C(=O)N3CCCC3)cc2)C1=O. The Hall–Kier alpha value is -4.28. The van der Waals surface area contributed by atoms with Gasteiger partial charge in [-0.2, -0.15) is 0 Å². The highest BCUT2D eigenvalue weighted by atomic mass is 16.6. The molecule has 2 N–H and O–H groups in total. The van der Waals surface area contributed by atoms with E-state index in [0.717, 1.165) is 36.4 Å². The van der Waals surface area contributed by atoms with E-state index in [0.29, 0.717) is 5.56 Å². The number of non-ortho nitro benzene ring substituents is 1. The lowest BCUT2D eigenvalue weighted by Gasteiger charge is -2.22. The minimum atomic E-state index is -1.53. The van der Waals surface area contributed by atoms with Gasteiger partial charge in [0.2, 0.25) is 5.91 Å². The van der Waals surface area contributed by atoms with Crippen molar-refractivity contribution >= 4 is 29.4 Å². The zero-order valence-electron chi connectivity index (χ0n) is 19.2. The second kappa shape index (κ2) is 9.53. The number of urea groups is 1. The fourth-order valence-electron chi connectivity index (χ4n) is 4.23. The largest absolute Gasteiger partial charge is 0.350 e. The highest BCUT2D eigenvalue weighted by molar-refractivity contribution is 6.09. The summed E-state index contributed by atoms with van der Waals surface area (Å²) in [7, 11) is 0. The Morgan fingerprint density at radius 1 is 1.11 bits per heavy atom. The molecule has 2 saturated heterocycles. The van der Waals surface area contributed by atoms with E-state index in [2.05, 4.69) is 10.6 Å². The van der Waals surface area contributed by atoms with E-state index in [1.807, 2.05) is 4.90 Å². The summed E-state index contributed by atoms with van der Waals surface area (Å²) < 4.78 is 0. The maximum absolute atomic E-state index is 13.0. The number of amides is 5. The average Bonchev–Trinajstić information content (AvgIpc) is 3.47. The number of nitrogens with one attached hydrogen (secondary N) is 2. The van der Waals surface area contributed by atoms with Crippen LogP contribution in [0.5, 0.6) is 0 Å². The number of rotatable bonds is 7. The van der Waals surface area contributed by atoms with Gasteiger partial charge in [0.1, 0.15) is 12.1 Å². The summed E-state index contributed by atoms with van der Waals surface area (Å²) in [4.78, 5) is 63.4. The number of imide groups is 1. The van der Waals surface area contributed by atoms with Gasteiger partial charge in [0.15, 0.2) is 0 Å². The molecule has 0 spiro atoms. The van der Waals surface area contributed by atoms with Crippen LogP contribution >= 0.6 is 0 Å². The maximum Gasteiger partial charge on any atom is 0.325 e. The summed E-state index contributed by atoms with van der Waals surface area (Å²) in [5, 5.41) is 16.3. The van der Waals surface area contributed by atoms with Crippen LogP contribution in [0, 0.1) is 10.1 Å². The van der Waals surface area contributed by atoms with Crippen LogP contribution in [0.3, 0.4) is 0 Å². The molecule has 2 aliphatic heterocycles. The number of nitrogens with zero attached hydrogens (tertiary/aromatic N) is 3. The van der Waals surface area contributed by atoms with Crippen molar-refractivity contribution in [1.29, 1.82) is 0 Å². The van der Waals surface area contributed by atoms with Crippen LogP contribution in [0.15, 0.2) is 48.5 Å². The number of carbonyl (C=O) groups excluding carboxylic acids is 4. The molecule has 2 aromatic carbocycles. The van der Waals surface area contributed by atoms with Gasteiger partial charge in [-0.25, -0.2) is 4.79 Å². The molecule has 0 saturated carbocycles. The van der Waals surface area contributed by atoms with Crippen molar-refractivity contribution in [3.63, 3.8) is 0 Å². The highest BCUT2D eigenvalue weighted by Gasteiger charge is 2.49. The normalized spacial score (nSPS) is 19.6. The van der Waals surface area contributed by atoms with Gasteiger partial charge in [-0.3, -0.25) is 29.4 Å². The third kappa shape index (κ3) is 4.84. The van der Waals surface area contributed by atoms with E-state index < -0.39 is 34.9 Å². The molecule has 0 radical (unpaired) electrons. The molecule has 1 atom stereocenters. The molecule has 1 unspecified atom stereocenters. The Bertz CT molecular complexity index is 1190. The summed E-state index contributed by atoms with van der Waals surface area (Å²) in [6.07, 6.45) is 2.02. The fraction of sp³-hybridized carbons (Fsp3) is 0.333. The standard InChI is InChI=1S/C24H25N5O6/c1-24(18-5-4-6-19(13-18)29(34)35)22(32)28(23(33)26-24)15-20(30)25-14-16-7-9-17(10-8-16)21(31)27-11-2-3-12-27/h4-10,13H,2-3,11-12,14-15H2,1H3,(H,25,30)(H,26,33). The second-order valence-corrected chi connectivity index (χ2v) is 8.73. The van der Waals surface area contributed by atoms with Gasteiger partial charge in [-0.15, -0.1) is 0 Å². The van der Waals surface area contributed by atoms with Gasteiger partial charge in [0.25, 0.3) is 17.5 Å². The number of carbonyl (C=O) groups is 4. The molecule has 182 valence electrons. The highest BCUT2D eigenvalue weighted by Crippen LogP contribution is 2.30. The molecular formula is C24H25N5O6. The third-order valence-electron chi connectivity index (χ3n) is 6.29. The van der Waals surface area contributed by atoms with Crippen molar-refractivity contribution in [2.24, 2.45) is 0 Å². The first-order valence-corrected chi connectivity index (χ1v) is 11.2. The van der Waals surface area contributed by atoms with Crippen LogP contribution in [0.2, 0.25) is 0 Å². The number of nitro groups is 1. The van der Waals surface area contributed by atoms with E-state index in [4.69, 9.17) is 0 Å². The van der Waals surface area contributed by atoms with E-state index >= 15 is 0 Å². The molecule has 2 aromatic rings. The Morgan fingerprint density at radius 3 is 2.46 bits per heavy atom. The predicted molar refractivity (Wildman–Crippen MR) is 124 cm³/mol. The van der Waals surface area contributed by atoms with Gasteiger partial charge in [0.05, 0.1) is 4.92 Å². The predicted octanol–water partition coefficient (Wildman–Crippen LogP) is 1.91. The summed E-state index contributed by atoms with van der Waals surface area (Å²) in [6.45, 7) is 2.62. The van der Waals surface area contributed by atoms with Crippen molar-refractivity contribution in [2.75, 3.05) is 19.6 Å². The smallest absolute Gasteiger partial charge is 0.325 e. The van der Waals surface area contributed by atoms with E-state index in [-0.39, 0.29) is 23.7 Å². The maximum atomic E-state index is 13.0. The summed E-state index contributed by atoms with van der Waals surface area (Å²) in [5.74, 6) is -1.24. The lowest BCUT2D eigenvalue weighted by atomic mass is 9.91. The Kier molecular flexibility index (Phi) is 6.50. The van der Waals surface area contributed by atoms with E-state index in [1.165, 1.54) is 31.2 Å². The van der Waals surface area contributed by atoms with Gasteiger partial charge in [0, 0.05) is 37.3 Å². The van der Waals surface area contributed by atoms with Crippen molar-refractivity contribution in [3.8, 4) is 0 Å². The number of hydrogen-bond acceptors (Lipinski definition) is 6. The number of likely N-dealkylation sites (tertiary alicyclic amines) is 1. The number of hydrogen-bond donors (Lipinski definition) is 2. The molecule has 2 heterocycles. The molecule has 4 rings (SSSR count). The minimum absolute atomic E-state index is 0.0107. The molecule has 11 heteroatoms. The monoisotopic (exact) mass is 479 g/mol. The molecule has 0 bridgehead atoms. The van der Waals surface area contributed by atoms with Gasteiger partial charge >= 0.3 is 6.03 Å². The first-order chi connectivity index (χ1) is 16.7. The summed E-state index contributed by atoms with van der Waals surface area (Å²) in [6, 6.07) is 11.6. The van der Waals surface area contributed by atoms with Crippen molar-refractivity contribution in [2.45, 2.75) is 31.8 Å². The quantitative estimate of drug-likeness (QED) is 0.353. The zero-order chi connectivity index (χ0) is 25.2. The Balaban J connectivity index is 1.35. The second-order valence-electron chi connectivity index (χ2n) is 8.73. The van der Waals surface area contributed by atoms with E-state index in [1.54, 1.807) is 24.3 Å². The van der Waals surface area contributed by atoms with Crippen molar-refractivity contribution in [3.05, 3.63) is 75.3 Å². The molecule has 2 aliphatic rings. The van der Waals surface area contributed by atoms with Crippen molar-refractivity contribution < 1.29 is 24.1 Å². The molecule has 0 aliphatic carbocycles. The molecular weight excluding hydrogens is 454 g/mol. The average molecular weight is 479 g/mol. The van der Waals surface area contributed by atoms with Crippen molar-refractivity contribution in [1.82, 2.24) is 20.4 Å². The first-order valence-electron chi connectivity index (χ1n) is 11.2. The van der Waals surface area contributed by atoms with Crippen LogP contribution < -0.4 is 10.6 Å². The van der Waals surface area contributed by atoms with Crippen LogP contribution in [-0.4, -0.2) is 58.1 Å². The Labute approximate surface area is 201 Å².